The molecule has 21 heavy (non-hydrogen) atoms. The first-order valence-corrected chi connectivity index (χ1v) is 10.7. The number of halogens is 1. The Morgan fingerprint density at radius 2 is 1.81 bits per heavy atom. The van der Waals surface area contributed by atoms with Crippen LogP contribution in [-0.2, 0) is 4.08 Å². The van der Waals surface area contributed by atoms with Crippen LogP contribution in [0.1, 0.15) is 51.5 Å². The van der Waals surface area contributed by atoms with Gasteiger partial charge in [-0.15, -0.1) is 23.5 Å². The molecule has 4 heteroatoms. The minimum Gasteiger partial charge on any atom is -0.493 e. The largest absolute Gasteiger partial charge is 0.493 e. The summed E-state index contributed by atoms with van der Waals surface area (Å²) >= 11 is 7.90. The molecule has 1 nitrogen and oxygen atoms in total. The third kappa shape index (κ3) is 4.59. The number of ether oxygens (including phenoxy) is 1. The van der Waals surface area contributed by atoms with E-state index in [1.807, 2.05) is 0 Å². The van der Waals surface area contributed by atoms with E-state index >= 15 is 0 Å². The van der Waals surface area contributed by atoms with Crippen molar-refractivity contribution in [1.29, 1.82) is 0 Å². The zero-order valence-corrected chi connectivity index (χ0v) is 16.2. The highest BCUT2D eigenvalue weighted by Crippen LogP contribution is 2.55. The van der Waals surface area contributed by atoms with Gasteiger partial charge in [0.15, 0.2) is 0 Å². The van der Waals surface area contributed by atoms with Crippen molar-refractivity contribution in [2.24, 2.45) is 0 Å². The molecule has 0 unspecified atom stereocenters. The van der Waals surface area contributed by atoms with Gasteiger partial charge < -0.3 is 4.74 Å². The van der Waals surface area contributed by atoms with Gasteiger partial charge in [0.25, 0.3) is 0 Å². The van der Waals surface area contributed by atoms with Crippen LogP contribution in [0.5, 0.6) is 5.75 Å². The van der Waals surface area contributed by atoms with Crippen molar-refractivity contribution >= 4 is 39.5 Å². The van der Waals surface area contributed by atoms with E-state index in [1.54, 1.807) is 0 Å². The number of hydrogen-bond donors (Lipinski definition) is 0. The van der Waals surface area contributed by atoms with Crippen LogP contribution in [0.25, 0.3) is 0 Å². The van der Waals surface area contributed by atoms with Gasteiger partial charge >= 0.3 is 0 Å². The number of fused-ring (bicyclic) bond motifs is 1. The van der Waals surface area contributed by atoms with Gasteiger partial charge in [0, 0.05) is 16.5 Å². The standard InChI is InChI=1S/C17H25BrOS2/c1-3-5-11-20-17(21-12-6-4-2)9-10-19-16-8-7-14(18)13-15(16)17/h7-8,13H,3-6,9-12H2,1-2H3. The first kappa shape index (κ1) is 17.6. The molecule has 0 amide bonds. The van der Waals surface area contributed by atoms with Crippen LogP contribution < -0.4 is 4.74 Å². The highest BCUT2D eigenvalue weighted by Gasteiger charge is 2.38. The predicted octanol–water partition coefficient (Wildman–Crippen LogP) is 6.45. The molecular formula is C17H25BrOS2. The average Bonchev–Trinajstić information content (AvgIpc) is 2.49. The van der Waals surface area contributed by atoms with E-state index in [0.717, 1.165) is 23.2 Å². The molecule has 1 heterocycles. The number of hydrogen-bond acceptors (Lipinski definition) is 3. The second-order valence-corrected chi connectivity index (χ2v) is 9.36. The maximum atomic E-state index is 5.90. The fourth-order valence-electron chi connectivity index (χ4n) is 2.46. The molecule has 0 atom stereocenters. The van der Waals surface area contributed by atoms with Crippen LogP contribution in [-0.4, -0.2) is 18.1 Å². The highest BCUT2D eigenvalue weighted by molar-refractivity contribution is 9.10. The molecule has 2 rings (SSSR count). The molecule has 0 aliphatic carbocycles. The molecule has 1 aromatic carbocycles. The molecule has 0 bridgehead atoms. The van der Waals surface area contributed by atoms with Crippen molar-refractivity contribution in [3.05, 3.63) is 28.2 Å². The van der Waals surface area contributed by atoms with Gasteiger partial charge in [0.2, 0.25) is 0 Å². The van der Waals surface area contributed by atoms with Crippen molar-refractivity contribution in [2.75, 3.05) is 18.1 Å². The van der Waals surface area contributed by atoms with Crippen LogP contribution in [0.3, 0.4) is 0 Å². The second-order valence-electron chi connectivity index (χ2n) is 5.40. The van der Waals surface area contributed by atoms with Gasteiger partial charge in [0.05, 0.1) is 10.7 Å². The zero-order chi connectivity index (χ0) is 15.1. The van der Waals surface area contributed by atoms with Crippen molar-refractivity contribution in [3.8, 4) is 5.75 Å². The van der Waals surface area contributed by atoms with Crippen LogP contribution >= 0.6 is 39.5 Å². The molecule has 0 saturated heterocycles. The van der Waals surface area contributed by atoms with Crippen molar-refractivity contribution < 1.29 is 4.74 Å². The average molecular weight is 389 g/mol. The van der Waals surface area contributed by atoms with Gasteiger partial charge in [-0.2, -0.15) is 0 Å². The van der Waals surface area contributed by atoms with Crippen LogP contribution in [0.2, 0.25) is 0 Å². The summed E-state index contributed by atoms with van der Waals surface area (Å²) in [7, 11) is 0. The molecule has 0 spiro atoms. The molecule has 1 aromatic rings. The van der Waals surface area contributed by atoms with E-state index in [1.165, 1.54) is 42.8 Å². The number of thioether (sulfide) groups is 2. The Kier molecular flexibility index (Phi) is 7.30. The van der Waals surface area contributed by atoms with Crippen molar-refractivity contribution in [2.45, 2.75) is 50.0 Å². The maximum Gasteiger partial charge on any atom is 0.124 e. The van der Waals surface area contributed by atoms with E-state index in [4.69, 9.17) is 4.74 Å². The summed E-state index contributed by atoms with van der Waals surface area (Å²) in [6, 6.07) is 6.48. The van der Waals surface area contributed by atoms with Gasteiger partial charge in [-0.25, -0.2) is 0 Å². The Balaban J connectivity index is 2.24. The fraction of sp³-hybridized carbons (Fsp3) is 0.647. The minimum atomic E-state index is 0.182. The molecule has 1 aliphatic heterocycles. The summed E-state index contributed by atoms with van der Waals surface area (Å²) in [6.07, 6.45) is 6.24. The lowest BCUT2D eigenvalue weighted by molar-refractivity contribution is 0.280. The Bertz CT molecular complexity index is 440. The molecule has 0 aromatic heterocycles. The summed E-state index contributed by atoms with van der Waals surface area (Å²) in [6.45, 7) is 5.38. The quantitative estimate of drug-likeness (QED) is 0.373. The lowest BCUT2D eigenvalue weighted by Gasteiger charge is -2.38. The SMILES string of the molecule is CCCCSC1(SCCCC)CCOc2ccc(Br)cc21. The first-order chi connectivity index (χ1) is 10.2. The van der Waals surface area contributed by atoms with E-state index in [2.05, 4.69) is 71.5 Å². The summed E-state index contributed by atoms with van der Waals surface area (Å²) in [5.41, 5.74) is 1.38. The number of benzene rings is 1. The summed E-state index contributed by atoms with van der Waals surface area (Å²) in [5, 5.41) is 0. The lowest BCUT2D eigenvalue weighted by atomic mass is 10.1. The van der Waals surface area contributed by atoms with Crippen molar-refractivity contribution in [1.82, 2.24) is 0 Å². The third-order valence-corrected chi connectivity index (χ3v) is 7.67. The smallest absolute Gasteiger partial charge is 0.124 e. The Morgan fingerprint density at radius 3 is 2.43 bits per heavy atom. The fourth-order valence-corrected chi connectivity index (χ4v) is 6.27. The normalized spacial score (nSPS) is 16.3. The van der Waals surface area contributed by atoms with Crippen LogP contribution in [0.15, 0.2) is 22.7 Å². The van der Waals surface area contributed by atoms with E-state index in [9.17, 15) is 0 Å². The molecule has 118 valence electrons. The Labute approximate surface area is 146 Å². The van der Waals surface area contributed by atoms with Crippen LogP contribution in [0.4, 0.5) is 0 Å². The Morgan fingerprint density at radius 1 is 1.14 bits per heavy atom. The molecule has 0 radical (unpaired) electrons. The molecule has 0 fully saturated rings. The maximum absolute atomic E-state index is 5.90. The molecular weight excluding hydrogens is 364 g/mol. The third-order valence-electron chi connectivity index (χ3n) is 3.71. The zero-order valence-electron chi connectivity index (χ0n) is 13.0. The van der Waals surface area contributed by atoms with E-state index < -0.39 is 0 Å². The van der Waals surface area contributed by atoms with Crippen LogP contribution in [0, 0.1) is 0 Å². The van der Waals surface area contributed by atoms with Crippen molar-refractivity contribution in [3.63, 3.8) is 0 Å². The first-order valence-electron chi connectivity index (χ1n) is 7.92. The monoisotopic (exact) mass is 388 g/mol. The van der Waals surface area contributed by atoms with E-state index in [0.29, 0.717) is 0 Å². The van der Waals surface area contributed by atoms with E-state index in [-0.39, 0.29) is 4.08 Å². The van der Waals surface area contributed by atoms with Gasteiger partial charge in [-0.3, -0.25) is 0 Å². The highest BCUT2D eigenvalue weighted by atomic mass is 79.9. The summed E-state index contributed by atoms with van der Waals surface area (Å²) in [4.78, 5) is 0. The number of unbranched alkanes of at least 4 members (excludes halogenated alkanes) is 2. The van der Waals surface area contributed by atoms with Gasteiger partial charge in [-0.1, -0.05) is 42.6 Å². The predicted molar refractivity (Wildman–Crippen MR) is 101 cm³/mol. The summed E-state index contributed by atoms with van der Waals surface area (Å²) < 4.78 is 7.24. The molecule has 0 N–H and O–H groups in total. The second kappa shape index (κ2) is 8.73. The minimum absolute atomic E-state index is 0.182. The van der Waals surface area contributed by atoms with Gasteiger partial charge in [-0.05, 0) is 42.5 Å². The number of rotatable bonds is 8. The topological polar surface area (TPSA) is 9.23 Å². The molecule has 1 aliphatic rings. The lowest BCUT2D eigenvalue weighted by Crippen LogP contribution is -2.28. The molecule has 0 saturated carbocycles. The summed E-state index contributed by atoms with van der Waals surface area (Å²) in [5.74, 6) is 3.56. The van der Waals surface area contributed by atoms with Gasteiger partial charge in [0.1, 0.15) is 5.75 Å². The Hall–Kier alpha value is 0.200.